The monoisotopic (exact) mass is 285 g/mol. The number of thioether (sulfide) groups is 2. The Balaban J connectivity index is 2.55. The van der Waals surface area contributed by atoms with Gasteiger partial charge in [-0.1, -0.05) is 0 Å². The van der Waals surface area contributed by atoms with Gasteiger partial charge in [0.05, 0.1) is 0 Å². The second-order valence-electron chi connectivity index (χ2n) is 3.58. The molecule has 1 aromatic carbocycles. The van der Waals surface area contributed by atoms with Crippen LogP contribution in [0.2, 0.25) is 0 Å². The SMILES string of the molecule is CSc1ccc(SCC(NC(C)=O)C(=O)O)cc1. The third-order valence-electron chi connectivity index (χ3n) is 2.15. The molecule has 0 aliphatic carbocycles. The van der Waals surface area contributed by atoms with E-state index in [9.17, 15) is 9.59 Å². The van der Waals surface area contributed by atoms with Gasteiger partial charge in [-0.15, -0.1) is 23.5 Å². The van der Waals surface area contributed by atoms with Crippen LogP contribution >= 0.6 is 23.5 Å². The van der Waals surface area contributed by atoms with Gasteiger partial charge in [0, 0.05) is 22.5 Å². The first kappa shape index (κ1) is 14.9. The van der Waals surface area contributed by atoms with Crippen molar-refractivity contribution in [1.29, 1.82) is 0 Å². The van der Waals surface area contributed by atoms with Gasteiger partial charge in [0.1, 0.15) is 6.04 Å². The van der Waals surface area contributed by atoms with Crippen molar-refractivity contribution in [3.8, 4) is 0 Å². The maximum absolute atomic E-state index is 10.9. The topological polar surface area (TPSA) is 66.4 Å². The standard InChI is InChI=1S/C12H15NO3S2/c1-8(14)13-11(12(15)16)7-18-10-5-3-9(17-2)4-6-10/h3-6,11H,7H2,1-2H3,(H,13,14)(H,15,16). The van der Waals surface area contributed by atoms with Crippen molar-refractivity contribution >= 4 is 35.4 Å². The minimum atomic E-state index is -1.02. The number of nitrogens with one attached hydrogen (secondary N) is 1. The first-order chi connectivity index (χ1) is 8.52. The van der Waals surface area contributed by atoms with Crippen molar-refractivity contribution < 1.29 is 14.7 Å². The van der Waals surface area contributed by atoms with Crippen LogP contribution in [0.1, 0.15) is 6.92 Å². The zero-order valence-corrected chi connectivity index (χ0v) is 11.8. The molecule has 0 aliphatic heterocycles. The van der Waals surface area contributed by atoms with Gasteiger partial charge >= 0.3 is 5.97 Å². The molecule has 1 aromatic rings. The first-order valence-electron chi connectivity index (χ1n) is 5.29. The second kappa shape index (κ2) is 7.33. The first-order valence-corrected chi connectivity index (χ1v) is 7.50. The summed E-state index contributed by atoms with van der Waals surface area (Å²) in [5.41, 5.74) is 0. The Bertz CT molecular complexity index is 420. The molecule has 2 N–H and O–H groups in total. The van der Waals surface area contributed by atoms with Gasteiger partial charge in [-0.3, -0.25) is 4.79 Å². The summed E-state index contributed by atoms with van der Waals surface area (Å²) < 4.78 is 0. The Morgan fingerprint density at radius 2 is 1.83 bits per heavy atom. The van der Waals surface area contributed by atoms with Crippen LogP contribution in [-0.4, -0.2) is 35.0 Å². The maximum atomic E-state index is 10.9. The molecule has 4 nitrogen and oxygen atoms in total. The summed E-state index contributed by atoms with van der Waals surface area (Å²) in [6.45, 7) is 1.31. The Labute approximate surface area is 115 Å². The molecule has 0 saturated heterocycles. The van der Waals surface area contributed by atoms with Gasteiger partial charge in [-0.25, -0.2) is 4.79 Å². The molecular formula is C12H15NO3S2. The minimum Gasteiger partial charge on any atom is -0.480 e. The van der Waals surface area contributed by atoms with E-state index in [1.807, 2.05) is 30.5 Å². The summed E-state index contributed by atoms with van der Waals surface area (Å²) >= 11 is 3.07. The summed E-state index contributed by atoms with van der Waals surface area (Å²) in [6.07, 6.45) is 2.00. The quantitative estimate of drug-likeness (QED) is 0.783. The van der Waals surface area contributed by atoms with E-state index in [2.05, 4.69) is 5.32 Å². The molecule has 98 valence electrons. The summed E-state index contributed by atoms with van der Waals surface area (Å²) in [6, 6.07) is 7.02. The van der Waals surface area contributed by atoms with Gasteiger partial charge in [0.15, 0.2) is 0 Å². The second-order valence-corrected chi connectivity index (χ2v) is 5.55. The number of hydrogen-bond donors (Lipinski definition) is 2. The van der Waals surface area contributed by atoms with E-state index >= 15 is 0 Å². The highest BCUT2D eigenvalue weighted by atomic mass is 32.2. The zero-order chi connectivity index (χ0) is 13.5. The maximum Gasteiger partial charge on any atom is 0.327 e. The Morgan fingerprint density at radius 1 is 1.28 bits per heavy atom. The van der Waals surface area contributed by atoms with Crippen molar-refractivity contribution in [2.75, 3.05) is 12.0 Å². The molecule has 1 rings (SSSR count). The fourth-order valence-electron chi connectivity index (χ4n) is 1.27. The Morgan fingerprint density at radius 3 is 2.28 bits per heavy atom. The number of hydrogen-bond acceptors (Lipinski definition) is 4. The summed E-state index contributed by atoms with van der Waals surface area (Å²) in [5, 5.41) is 11.4. The number of aliphatic carboxylic acids is 1. The number of benzene rings is 1. The van der Waals surface area contributed by atoms with Crippen molar-refractivity contribution in [2.24, 2.45) is 0 Å². The lowest BCUT2D eigenvalue weighted by Gasteiger charge is -2.12. The molecule has 18 heavy (non-hydrogen) atoms. The fraction of sp³-hybridized carbons (Fsp3) is 0.333. The lowest BCUT2D eigenvalue weighted by atomic mass is 10.3. The van der Waals surface area contributed by atoms with E-state index in [4.69, 9.17) is 5.11 Å². The van der Waals surface area contributed by atoms with Crippen LogP contribution in [0.15, 0.2) is 34.1 Å². The number of carbonyl (C=O) groups is 2. The highest BCUT2D eigenvalue weighted by Crippen LogP contribution is 2.22. The van der Waals surface area contributed by atoms with E-state index in [1.54, 1.807) is 11.8 Å². The van der Waals surface area contributed by atoms with Crippen LogP contribution < -0.4 is 5.32 Å². The van der Waals surface area contributed by atoms with Gasteiger partial charge in [0.2, 0.25) is 5.91 Å². The third-order valence-corrected chi connectivity index (χ3v) is 4.00. The van der Waals surface area contributed by atoms with Gasteiger partial charge in [-0.2, -0.15) is 0 Å². The number of amides is 1. The van der Waals surface area contributed by atoms with Crippen LogP contribution in [0.25, 0.3) is 0 Å². The van der Waals surface area contributed by atoms with Gasteiger partial charge in [-0.05, 0) is 30.5 Å². The average Bonchev–Trinajstić information content (AvgIpc) is 2.34. The lowest BCUT2D eigenvalue weighted by Crippen LogP contribution is -2.41. The molecule has 6 heteroatoms. The predicted octanol–water partition coefficient (Wildman–Crippen LogP) is 2.09. The van der Waals surface area contributed by atoms with E-state index < -0.39 is 12.0 Å². The molecule has 0 saturated carbocycles. The Hall–Kier alpha value is -1.14. The van der Waals surface area contributed by atoms with Crippen molar-refractivity contribution in [1.82, 2.24) is 5.32 Å². The summed E-state index contributed by atoms with van der Waals surface area (Å²) in [4.78, 5) is 23.9. The fourth-order valence-corrected chi connectivity index (χ4v) is 2.59. The summed E-state index contributed by atoms with van der Waals surface area (Å²) in [5.74, 6) is -1.03. The van der Waals surface area contributed by atoms with Crippen LogP contribution in [0.4, 0.5) is 0 Å². The smallest absolute Gasteiger partial charge is 0.327 e. The predicted molar refractivity (Wildman–Crippen MR) is 74.2 cm³/mol. The summed E-state index contributed by atoms with van der Waals surface area (Å²) in [7, 11) is 0. The molecule has 0 fully saturated rings. The number of carboxylic acids is 1. The Kier molecular flexibility index (Phi) is 6.07. The van der Waals surface area contributed by atoms with Crippen molar-refractivity contribution in [3.63, 3.8) is 0 Å². The van der Waals surface area contributed by atoms with E-state index in [0.717, 1.165) is 9.79 Å². The molecule has 1 amide bonds. The molecule has 1 unspecified atom stereocenters. The number of carboxylic acid groups (broad SMARTS) is 1. The van der Waals surface area contributed by atoms with Crippen molar-refractivity contribution in [2.45, 2.75) is 22.8 Å². The van der Waals surface area contributed by atoms with Crippen LogP contribution in [-0.2, 0) is 9.59 Å². The molecule has 0 bridgehead atoms. The normalized spacial score (nSPS) is 11.9. The third kappa shape index (κ3) is 5.01. The molecule has 0 radical (unpaired) electrons. The average molecular weight is 285 g/mol. The molecule has 0 aliphatic rings. The largest absolute Gasteiger partial charge is 0.480 e. The zero-order valence-electron chi connectivity index (χ0n) is 10.2. The molecule has 0 aromatic heterocycles. The van der Waals surface area contributed by atoms with E-state index in [0.29, 0.717) is 5.75 Å². The highest BCUT2D eigenvalue weighted by molar-refractivity contribution is 7.99. The number of carbonyl (C=O) groups excluding carboxylic acids is 1. The number of rotatable bonds is 6. The highest BCUT2D eigenvalue weighted by Gasteiger charge is 2.18. The lowest BCUT2D eigenvalue weighted by molar-refractivity contribution is -0.140. The van der Waals surface area contributed by atoms with Crippen LogP contribution in [0.3, 0.4) is 0 Å². The van der Waals surface area contributed by atoms with Gasteiger partial charge in [0.25, 0.3) is 0 Å². The van der Waals surface area contributed by atoms with E-state index in [1.165, 1.54) is 18.7 Å². The molecule has 1 atom stereocenters. The van der Waals surface area contributed by atoms with Gasteiger partial charge < -0.3 is 10.4 Å². The molecular weight excluding hydrogens is 270 g/mol. The molecule has 0 spiro atoms. The van der Waals surface area contributed by atoms with Crippen LogP contribution in [0.5, 0.6) is 0 Å². The minimum absolute atomic E-state index is 0.313. The molecule has 0 heterocycles. The van der Waals surface area contributed by atoms with E-state index in [-0.39, 0.29) is 5.91 Å². The van der Waals surface area contributed by atoms with Crippen molar-refractivity contribution in [3.05, 3.63) is 24.3 Å². The van der Waals surface area contributed by atoms with Crippen LogP contribution in [0, 0.1) is 0 Å².